The van der Waals surface area contributed by atoms with Crippen LogP contribution in [0, 0.1) is 0 Å². The summed E-state index contributed by atoms with van der Waals surface area (Å²) in [5.74, 6) is 0.0108. The third-order valence-corrected chi connectivity index (χ3v) is 2.84. The van der Waals surface area contributed by atoms with Gasteiger partial charge >= 0.3 is 0 Å². The lowest BCUT2D eigenvalue weighted by Crippen LogP contribution is -2.31. The van der Waals surface area contributed by atoms with E-state index in [1.165, 1.54) is 0 Å². The van der Waals surface area contributed by atoms with Crippen molar-refractivity contribution in [2.24, 2.45) is 4.99 Å². The van der Waals surface area contributed by atoms with Gasteiger partial charge in [-0.3, -0.25) is 14.6 Å². The number of hydrogen-bond acceptors (Lipinski definition) is 4. The van der Waals surface area contributed by atoms with Crippen LogP contribution in [0.4, 0.5) is 0 Å². The zero-order valence-corrected chi connectivity index (χ0v) is 13.1. The minimum atomic E-state index is -0.0617. The minimum absolute atomic E-state index is 0.0617. The highest BCUT2D eigenvalue weighted by Gasteiger charge is 2.06. The largest absolute Gasteiger partial charge is 0.385 e. The van der Waals surface area contributed by atoms with Gasteiger partial charge in [-0.05, 0) is 20.3 Å². The van der Waals surface area contributed by atoms with Gasteiger partial charge in [-0.25, -0.2) is 0 Å². The predicted molar refractivity (Wildman–Crippen MR) is 81.5 cm³/mol. The van der Waals surface area contributed by atoms with Crippen LogP contribution in [-0.2, 0) is 9.59 Å². The average Bonchev–Trinajstić information content (AvgIpc) is 2.40. The summed E-state index contributed by atoms with van der Waals surface area (Å²) in [6, 6.07) is 0.252. The third kappa shape index (κ3) is 9.13. The van der Waals surface area contributed by atoms with E-state index in [-0.39, 0.29) is 24.3 Å². The molecule has 1 unspecified atom stereocenters. The SMILES string of the molecule is CNC(=O)CC=N/C=C(\C)NC(C)CCN(C)C(C)=O. The topological polar surface area (TPSA) is 73.8 Å². The molecule has 6 heteroatoms. The number of nitrogens with one attached hydrogen (secondary N) is 2. The normalized spacial score (nSPS) is 13.2. The molecule has 2 amide bonds. The molecule has 114 valence electrons. The van der Waals surface area contributed by atoms with Crippen LogP contribution in [0.5, 0.6) is 0 Å². The second kappa shape index (κ2) is 10.00. The first-order valence-corrected chi connectivity index (χ1v) is 6.74. The zero-order chi connectivity index (χ0) is 15.5. The lowest BCUT2D eigenvalue weighted by molar-refractivity contribution is -0.127. The number of carbonyl (C=O) groups excluding carboxylic acids is 2. The Hall–Kier alpha value is -1.85. The molecule has 0 saturated carbocycles. The van der Waals surface area contributed by atoms with Crippen molar-refractivity contribution in [2.45, 2.75) is 39.7 Å². The molecule has 0 rings (SSSR count). The fourth-order valence-electron chi connectivity index (χ4n) is 1.45. The van der Waals surface area contributed by atoms with E-state index in [2.05, 4.69) is 22.5 Å². The number of amides is 2. The molecule has 2 N–H and O–H groups in total. The standard InChI is InChI=1S/C14H26N4O2/c1-11(7-9-18(5)13(3)19)17-12(2)10-16-8-6-14(20)15-4/h8,10-11,17H,6-7,9H2,1-5H3,(H,15,20)/b12-10+,16-8?. The summed E-state index contributed by atoms with van der Waals surface area (Å²) in [5.41, 5.74) is 0.927. The molecule has 0 heterocycles. The molecule has 20 heavy (non-hydrogen) atoms. The van der Waals surface area contributed by atoms with Crippen molar-refractivity contribution in [1.29, 1.82) is 0 Å². The van der Waals surface area contributed by atoms with Crippen molar-refractivity contribution in [2.75, 3.05) is 20.6 Å². The van der Waals surface area contributed by atoms with Gasteiger partial charge in [0, 0.05) is 51.7 Å². The maximum absolute atomic E-state index is 11.1. The molecule has 0 aliphatic carbocycles. The Morgan fingerprint density at radius 3 is 2.55 bits per heavy atom. The number of hydrogen-bond donors (Lipinski definition) is 2. The molecule has 0 aromatic rings. The van der Waals surface area contributed by atoms with E-state index in [1.807, 2.05) is 6.92 Å². The highest BCUT2D eigenvalue weighted by Crippen LogP contribution is 1.98. The number of allylic oxidation sites excluding steroid dienone is 1. The third-order valence-electron chi connectivity index (χ3n) is 2.84. The maximum Gasteiger partial charge on any atom is 0.225 e. The van der Waals surface area contributed by atoms with Crippen molar-refractivity contribution in [3.63, 3.8) is 0 Å². The summed E-state index contributed by atoms with van der Waals surface area (Å²) in [7, 11) is 3.39. The Labute approximate surface area is 121 Å². The second-order valence-corrected chi connectivity index (χ2v) is 4.80. The van der Waals surface area contributed by atoms with Gasteiger partial charge < -0.3 is 15.5 Å². The second-order valence-electron chi connectivity index (χ2n) is 4.80. The van der Waals surface area contributed by atoms with E-state index >= 15 is 0 Å². The van der Waals surface area contributed by atoms with Gasteiger partial charge in [0.2, 0.25) is 11.8 Å². The molecular formula is C14H26N4O2. The molecule has 0 aromatic heterocycles. The molecule has 6 nitrogen and oxygen atoms in total. The molecule has 0 bridgehead atoms. The van der Waals surface area contributed by atoms with Crippen molar-refractivity contribution in [1.82, 2.24) is 15.5 Å². The Balaban J connectivity index is 4.02. The van der Waals surface area contributed by atoms with E-state index in [1.54, 1.807) is 38.3 Å². The van der Waals surface area contributed by atoms with Gasteiger partial charge in [-0.2, -0.15) is 0 Å². The van der Waals surface area contributed by atoms with Gasteiger partial charge in [-0.15, -0.1) is 0 Å². The average molecular weight is 282 g/mol. The van der Waals surface area contributed by atoms with Crippen molar-refractivity contribution in [3.8, 4) is 0 Å². The number of nitrogens with zero attached hydrogens (tertiary/aromatic N) is 2. The fourth-order valence-corrected chi connectivity index (χ4v) is 1.45. The van der Waals surface area contributed by atoms with Gasteiger partial charge in [0.25, 0.3) is 0 Å². The van der Waals surface area contributed by atoms with Crippen LogP contribution in [0.15, 0.2) is 16.9 Å². The Bertz CT molecular complexity index is 377. The molecule has 0 aromatic carbocycles. The van der Waals surface area contributed by atoms with Crippen LogP contribution >= 0.6 is 0 Å². The van der Waals surface area contributed by atoms with Gasteiger partial charge in [0.15, 0.2) is 0 Å². The molecule has 0 radical (unpaired) electrons. The van der Waals surface area contributed by atoms with E-state index in [4.69, 9.17) is 0 Å². The molecule has 0 spiro atoms. The van der Waals surface area contributed by atoms with Crippen LogP contribution in [0.25, 0.3) is 0 Å². The lowest BCUT2D eigenvalue weighted by Gasteiger charge is -2.19. The first-order chi connectivity index (χ1) is 9.36. The monoisotopic (exact) mass is 282 g/mol. The van der Waals surface area contributed by atoms with Crippen LogP contribution in [0.1, 0.15) is 33.6 Å². The van der Waals surface area contributed by atoms with Crippen molar-refractivity contribution < 1.29 is 9.59 Å². The highest BCUT2D eigenvalue weighted by atomic mass is 16.2. The summed E-state index contributed by atoms with van der Waals surface area (Å²) in [6.45, 7) is 6.25. The molecule has 1 atom stereocenters. The van der Waals surface area contributed by atoms with Crippen LogP contribution in [0.2, 0.25) is 0 Å². The summed E-state index contributed by atoms with van der Waals surface area (Å²) in [5, 5.41) is 5.81. The van der Waals surface area contributed by atoms with Crippen molar-refractivity contribution in [3.05, 3.63) is 11.9 Å². The van der Waals surface area contributed by atoms with Crippen molar-refractivity contribution >= 4 is 18.0 Å². The first-order valence-electron chi connectivity index (χ1n) is 6.74. The number of aliphatic imine (C=N–C) groups is 1. The van der Waals surface area contributed by atoms with Crippen LogP contribution < -0.4 is 10.6 Å². The Morgan fingerprint density at radius 2 is 2.00 bits per heavy atom. The first kappa shape index (κ1) is 18.1. The zero-order valence-electron chi connectivity index (χ0n) is 13.1. The summed E-state index contributed by atoms with van der Waals surface area (Å²) >= 11 is 0. The fraction of sp³-hybridized carbons (Fsp3) is 0.643. The number of rotatable bonds is 8. The summed E-state index contributed by atoms with van der Waals surface area (Å²) in [6.07, 6.45) is 4.40. The molecule has 0 fully saturated rings. The molecule has 0 aliphatic heterocycles. The summed E-state index contributed by atoms with van der Waals surface area (Å²) < 4.78 is 0. The smallest absolute Gasteiger partial charge is 0.225 e. The summed E-state index contributed by atoms with van der Waals surface area (Å²) in [4.78, 5) is 27.8. The lowest BCUT2D eigenvalue weighted by atomic mass is 10.2. The van der Waals surface area contributed by atoms with Crippen LogP contribution in [0.3, 0.4) is 0 Å². The van der Waals surface area contributed by atoms with Crippen LogP contribution in [-0.4, -0.2) is 49.6 Å². The molecular weight excluding hydrogens is 256 g/mol. The predicted octanol–water partition coefficient (Wildman–Crippen LogP) is 0.901. The Morgan fingerprint density at radius 1 is 1.35 bits per heavy atom. The van der Waals surface area contributed by atoms with E-state index in [0.29, 0.717) is 0 Å². The quantitative estimate of drug-likeness (QED) is 0.650. The molecule has 0 aliphatic rings. The van der Waals surface area contributed by atoms with Gasteiger partial charge in [-0.1, -0.05) is 0 Å². The molecule has 0 saturated heterocycles. The van der Waals surface area contributed by atoms with Gasteiger partial charge in [0.1, 0.15) is 0 Å². The highest BCUT2D eigenvalue weighted by molar-refractivity contribution is 5.89. The maximum atomic E-state index is 11.1. The van der Waals surface area contributed by atoms with E-state index in [9.17, 15) is 9.59 Å². The van der Waals surface area contributed by atoms with Gasteiger partial charge in [0.05, 0.1) is 6.42 Å². The van der Waals surface area contributed by atoms with E-state index in [0.717, 1.165) is 18.7 Å². The minimum Gasteiger partial charge on any atom is -0.385 e. The van der Waals surface area contributed by atoms with E-state index < -0.39 is 0 Å². The number of carbonyl (C=O) groups is 2. The Kier molecular flexibility index (Phi) is 9.07.